The number of hydrogen-bond donors (Lipinski definition) is 1. The van der Waals surface area contributed by atoms with E-state index in [1.54, 1.807) is 0 Å². The van der Waals surface area contributed by atoms with E-state index >= 15 is 0 Å². The van der Waals surface area contributed by atoms with Crippen molar-refractivity contribution >= 4 is 64.0 Å². The lowest BCUT2D eigenvalue weighted by atomic mass is 10.0. The number of benzene rings is 1. The van der Waals surface area contributed by atoms with Gasteiger partial charge < -0.3 is 9.72 Å². The second-order valence-corrected chi connectivity index (χ2v) is 5.95. The number of aromatic nitrogens is 1. The summed E-state index contributed by atoms with van der Waals surface area (Å²) in [6.45, 7) is 0. The SMILES string of the molecule is COC(=O)c1cc(=O)[nH]cc1-c1c(Cl)c(Cl)c(Cl)c(Cl)c1Cl. The fourth-order valence-corrected chi connectivity index (χ4v) is 3.14. The zero-order valence-electron chi connectivity index (χ0n) is 10.8. The Morgan fingerprint density at radius 2 is 1.50 bits per heavy atom. The smallest absolute Gasteiger partial charge is 0.338 e. The molecule has 0 radical (unpaired) electrons. The van der Waals surface area contributed by atoms with Crippen molar-refractivity contribution in [2.45, 2.75) is 0 Å². The van der Waals surface area contributed by atoms with Gasteiger partial charge in [0.15, 0.2) is 0 Å². The van der Waals surface area contributed by atoms with Crippen LogP contribution in [0, 0.1) is 0 Å². The van der Waals surface area contributed by atoms with Gasteiger partial charge in [-0.3, -0.25) is 4.79 Å². The van der Waals surface area contributed by atoms with Crippen LogP contribution in [-0.2, 0) is 4.74 Å². The molecule has 0 fully saturated rings. The van der Waals surface area contributed by atoms with Crippen LogP contribution in [0.15, 0.2) is 17.1 Å². The van der Waals surface area contributed by atoms with E-state index < -0.39 is 11.5 Å². The fraction of sp³-hybridized carbons (Fsp3) is 0.0769. The van der Waals surface area contributed by atoms with Crippen molar-refractivity contribution in [2.24, 2.45) is 0 Å². The summed E-state index contributed by atoms with van der Waals surface area (Å²) in [6, 6.07) is 1.06. The Hall–Kier alpha value is -0.910. The van der Waals surface area contributed by atoms with Crippen LogP contribution in [0.3, 0.4) is 0 Å². The number of H-pyrrole nitrogens is 1. The second kappa shape index (κ2) is 6.69. The molecule has 0 spiro atoms. The monoisotopic (exact) mass is 399 g/mol. The first kappa shape index (κ1) is 17.4. The Balaban J connectivity index is 2.89. The molecule has 0 aliphatic carbocycles. The molecular formula is C13H6Cl5NO3. The number of nitrogens with one attached hydrogen (secondary N) is 1. The average Bonchev–Trinajstić information content (AvgIpc) is 2.51. The molecule has 9 heteroatoms. The Labute approximate surface area is 149 Å². The summed E-state index contributed by atoms with van der Waals surface area (Å²) in [5.74, 6) is -0.740. The van der Waals surface area contributed by atoms with E-state index in [0.717, 1.165) is 6.07 Å². The number of pyridine rings is 1. The number of methoxy groups -OCH3 is 1. The Bertz CT molecular complexity index is 802. The van der Waals surface area contributed by atoms with Crippen molar-refractivity contribution in [1.82, 2.24) is 4.98 Å². The Kier molecular flexibility index (Phi) is 5.30. The highest BCUT2D eigenvalue weighted by Crippen LogP contribution is 2.48. The number of carbonyl (C=O) groups is 1. The molecule has 1 aromatic carbocycles. The molecule has 1 aromatic heterocycles. The fourth-order valence-electron chi connectivity index (χ4n) is 1.80. The minimum absolute atomic E-state index is 0.00160. The molecule has 0 unspecified atom stereocenters. The number of esters is 1. The third kappa shape index (κ3) is 2.94. The predicted molar refractivity (Wildman–Crippen MR) is 88.9 cm³/mol. The molecule has 0 aliphatic rings. The van der Waals surface area contributed by atoms with Crippen molar-refractivity contribution in [1.29, 1.82) is 0 Å². The van der Waals surface area contributed by atoms with Crippen molar-refractivity contribution in [3.05, 3.63) is 53.3 Å². The van der Waals surface area contributed by atoms with E-state index in [-0.39, 0.29) is 41.8 Å². The van der Waals surface area contributed by atoms with Gasteiger partial charge in [-0.05, 0) is 0 Å². The number of ether oxygens (including phenoxy) is 1. The molecule has 2 aromatic rings. The quantitative estimate of drug-likeness (QED) is 0.433. The molecule has 0 saturated heterocycles. The summed E-state index contributed by atoms with van der Waals surface area (Å²) in [5, 5.41) is -0.0489. The third-order valence-electron chi connectivity index (χ3n) is 2.81. The van der Waals surface area contributed by atoms with Crippen molar-refractivity contribution < 1.29 is 9.53 Å². The van der Waals surface area contributed by atoms with Gasteiger partial charge in [0.1, 0.15) is 0 Å². The second-order valence-electron chi connectivity index (χ2n) is 4.06. The first-order chi connectivity index (χ1) is 10.3. The molecule has 0 aliphatic heterocycles. The van der Waals surface area contributed by atoms with Crippen molar-refractivity contribution in [2.75, 3.05) is 7.11 Å². The van der Waals surface area contributed by atoms with Crippen LogP contribution in [0.4, 0.5) is 0 Å². The minimum atomic E-state index is -0.740. The van der Waals surface area contributed by atoms with Gasteiger partial charge in [-0.1, -0.05) is 58.0 Å². The standard InChI is InChI=1S/C13H6Cl5NO3/c1-22-13(21)4-2-6(20)19-3-5(4)7-8(14)10(16)12(18)11(17)9(7)15/h2-3H,1H3,(H,19,20). The van der Waals surface area contributed by atoms with Gasteiger partial charge in [-0.15, -0.1) is 0 Å². The van der Waals surface area contributed by atoms with Crippen LogP contribution >= 0.6 is 58.0 Å². The topological polar surface area (TPSA) is 59.2 Å². The normalized spacial score (nSPS) is 10.6. The van der Waals surface area contributed by atoms with Gasteiger partial charge in [-0.25, -0.2) is 4.79 Å². The summed E-state index contributed by atoms with van der Waals surface area (Å²) < 4.78 is 4.65. The van der Waals surface area contributed by atoms with Crippen molar-refractivity contribution in [3.8, 4) is 11.1 Å². The molecule has 1 N–H and O–H groups in total. The molecule has 22 heavy (non-hydrogen) atoms. The van der Waals surface area contributed by atoms with Crippen LogP contribution < -0.4 is 5.56 Å². The molecule has 4 nitrogen and oxygen atoms in total. The molecule has 1 heterocycles. The molecule has 0 atom stereocenters. The van der Waals surface area contributed by atoms with E-state index in [2.05, 4.69) is 9.72 Å². The van der Waals surface area contributed by atoms with Gasteiger partial charge in [0.05, 0.1) is 37.8 Å². The summed E-state index contributed by atoms with van der Waals surface area (Å²) in [7, 11) is 1.18. The average molecular weight is 401 g/mol. The molecule has 116 valence electrons. The van der Waals surface area contributed by atoms with E-state index in [1.165, 1.54) is 13.3 Å². The highest BCUT2D eigenvalue weighted by molar-refractivity contribution is 6.56. The van der Waals surface area contributed by atoms with Crippen LogP contribution in [0.5, 0.6) is 0 Å². The number of halogens is 5. The number of carbonyl (C=O) groups excluding carboxylic acids is 1. The van der Waals surface area contributed by atoms with Gasteiger partial charge >= 0.3 is 5.97 Å². The summed E-state index contributed by atoms with van der Waals surface area (Å²) in [6.07, 6.45) is 1.27. The lowest BCUT2D eigenvalue weighted by Gasteiger charge is -2.14. The van der Waals surface area contributed by atoms with Crippen LogP contribution in [-0.4, -0.2) is 18.1 Å². The van der Waals surface area contributed by atoms with Crippen LogP contribution in [0.1, 0.15) is 10.4 Å². The number of hydrogen-bond acceptors (Lipinski definition) is 3. The largest absolute Gasteiger partial charge is 0.465 e. The lowest BCUT2D eigenvalue weighted by molar-refractivity contribution is 0.0601. The van der Waals surface area contributed by atoms with Gasteiger partial charge in [-0.2, -0.15) is 0 Å². The Morgan fingerprint density at radius 3 is 2.00 bits per heavy atom. The maximum atomic E-state index is 11.9. The predicted octanol–water partition coefficient (Wildman–Crippen LogP) is 5.10. The molecule has 2 rings (SSSR count). The van der Waals surface area contributed by atoms with Crippen LogP contribution in [0.2, 0.25) is 25.1 Å². The first-order valence-corrected chi connectivity index (χ1v) is 7.51. The summed E-state index contributed by atoms with van der Waals surface area (Å²) >= 11 is 30.3. The van der Waals surface area contributed by atoms with Gasteiger partial charge in [0.25, 0.3) is 0 Å². The Morgan fingerprint density at radius 1 is 1.00 bits per heavy atom. The minimum Gasteiger partial charge on any atom is -0.465 e. The van der Waals surface area contributed by atoms with Gasteiger partial charge in [0, 0.05) is 23.4 Å². The van der Waals surface area contributed by atoms with Gasteiger partial charge in [0.2, 0.25) is 5.56 Å². The molecule has 0 saturated carbocycles. The van der Waals surface area contributed by atoms with Crippen LogP contribution in [0.25, 0.3) is 11.1 Å². The van der Waals surface area contributed by atoms with Crippen molar-refractivity contribution in [3.63, 3.8) is 0 Å². The molecular weight excluding hydrogens is 395 g/mol. The highest BCUT2D eigenvalue weighted by atomic mass is 35.5. The van der Waals surface area contributed by atoms with E-state index in [0.29, 0.717) is 0 Å². The third-order valence-corrected chi connectivity index (χ3v) is 5.09. The van der Waals surface area contributed by atoms with E-state index in [1.807, 2.05) is 0 Å². The number of rotatable bonds is 2. The zero-order valence-corrected chi connectivity index (χ0v) is 14.5. The zero-order chi connectivity index (χ0) is 16.6. The molecule has 0 bridgehead atoms. The highest BCUT2D eigenvalue weighted by Gasteiger charge is 2.24. The van der Waals surface area contributed by atoms with E-state index in [4.69, 9.17) is 58.0 Å². The maximum Gasteiger partial charge on any atom is 0.338 e. The number of aromatic amines is 1. The maximum absolute atomic E-state index is 11.9. The lowest BCUT2D eigenvalue weighted by Crippen LogP contribution is -2.12. The summed E-state index contributed by atoms with van der Waals surface area (Å²) in [4.78, 5) is 25.7. The molecule has 0 amide bonds. The first-order valence-electron chi connectivity index (χ1n) is 5.62. The summed E-state index contributed by atoms with van der Waals surface area (Å²) in [5.41, 5.74) is -0.159. The van der Waals surface area contributed by atoms with E-state index in [9.17, 15) is 9.59 Å².